The average Bonchev–Trinajstić information content (AvgIpc) is 2.95. The first-order chi connectivity index (χ1) is 9.66. The second-order valence-corrected chi connectivity index (χ2v) is 6.50. The van der Waals surface area contributed by atoms with Gasteiger partial charge in [0.15, 0.2) is 0 Å². The minimum Gasteiger partial charge on any atom is -0.481 e. The number of urea groups is 1. The monoisotopic (exact) mass is 280 g/mol. The molecule has 0 aromatic carbocycles. The van der Waals surface area contributed by atoms with E-state index in [-0.39, 0.29) is 11.9 Å². The number of amides is 2. The third kappa shape index (κ3) is 2.50. The predicted molar refractivity (Wildman–Crippen MR) is 74.4 cm³/mol. The highest BCUT2D eigenvalue weighted by atomic mass is 16.4. The Bertz CT molecular complexity index is 399. The molecular formula is C15H24N2O3. The lowest BCUT2D eigenvalue weighted by Gasteiger charge is -2.42. The quantitative estimate of drug-likeness (QED) is 0.800. The van der Waals surface area contributed by atoms with Crippen LogP contribution in [-0.2, 0) is 4.79 Å². The van der Waals surface area contributed by atoms with Crippen LogP contribution in [0.4, 0.5) is 4.79 Å². The van der Waals surface area contributed by atoms with Gasteiger partial charge in [-0.05, 0) is 44.4 Å². The maximum atomic E-state index is 12.7. The Kier molecular flexibility index (Phi) is 3.85. The summed E-state index contributed by atoms with van der Waals surface area (Å²) in [6.45, 7) is 1.97. The van der Waals surface area contributed by atoms with E-state index in [1.165, 1.54) is 19.3 Å². The van der Waals surface area contributed by atoms with Gasteiger partial charge in [-0.2, -0.15) is 0 Å². The molecule has 2 aliphatic heterocycles. The van der Waals surface area contributed by atoms with Crippen molar-refractivity contribution in [2.45, 2.75) is 51.0 Å². The van der Waals surface area contributed by atoms with Crippen LogP contribution < -0.4 is 0 Å². The molecule has 5 nitrogen and oxygen atoms in total. The first kappa shape index (κ1) is 13.7. The number of carbonyl (C=O) groups excluding carboxylic acids is 1. The molecule has 1 aliphatic carbocycles. The van der Waals surface area contributed by atoms with Crippen LogP contribution in [-0.4, -0.2) is 52.6 Å². The summed E-state index contributed by atoms with van der Waals surface area (Å²) in [4.78, 5) is 27.7. The number of carboxylic acids is 1. The highest BCUT2D eigenvalue weighted by molar-refractivity contribution is 5.77. The zero-order valence-corrected chi connectivity index (χ0v) is 12.0. The SMILES string of the molecule is O=C(O)[C@H]1CCCN(C(=O)N2CCCC3CCCC32)C1. The van der Waals surface area contributed by atoms with E-state index in [0.29, 0.717) is 24.9 Å². The van der Waals surface area contributed by atoms with Gasteiger partial charge in [0, 0.05) is 25.7 Å². The van der Waals surface area contributed by atoms with Crippen molar-refractivity contribution in [2.75, 3.05) is 19.6 Å². The van der Waals surface area contributed by atoms with Crippen molar-refractivity contribution < 1.29 is 14.7 Å². The Balaban J connectivity index is 1.66. The molecule has 20 heavy (non-hydrogen) atoms. The third-order valence-electron chi connectivity index (χ3n) is 5.28. The first-order valence-corrected chi connectivity index (χ1v) is 7.95. The first-order valence-electron chi connectivity index (χ1n) is 7.95. The lowest BCUT2D eigenvalue weighted by molar-refractivity contribution is -0.143. The van der Waals surface area contributed by atoms with E-state index in [4.69, 9.17) is 5.11 Å². The van der Waals surface area contributed by atoms with Gasteiger partial charge in [0.1, 0.15) is 0 Å². The number of fused-ring (bicyclic) bond motifs is 1. The number of piperidine rings is 2. The van der Waals surface area contributed by atoms with Gasteiger partial charge in [0.2, 0.25) is 0 Å². The number of carboxylic acid groups (broad SMARTS) is 1. The van der Waals surface area contributed by atoms with Crippen LogP contribution in [0.3, 0.4) is 0 Å². The van der Waals surface area contributed by atoms with Crippen LogP contribution in [0.1, 0.15) is 44.9 Å². The average molecular weight is 280 g/mol. The van der Waals surface area contributed by atoms with Gasteiger partial charge in [-0.3, -0.25) is 4.79 Å². The number of aliphatic carboxylic acids is 1. The van der Waals surface area contributed by atoms with Crippen LogP contribution in [0.25, 0.3) is 0 Å². The largest absolute Gasteiger partial charge is 0.481 e. The van der Waals surface area contributed by atoms with Gasteiger partial charge >= 0.3 is 12.0 Å². The summed E-state index contributed by atoms with van der Waals surface area (Å²) in [7, 11) is 0. The summed E-state index contributed by atoms with van der Waals surface area (Å²) in [5.74, 6) is -0.454. The molecular weight excluding hydrogens is 256 g/mol. The van der Waals surface area contributed by atoms with E-state index >= 15 is 0 Å². The Morgan fingerprint density at radius 3 is 2.50 bits per heavy atom. The standard InChI is InChI=1S/C15H24N2O3/c18-14(19)12-6-2-8-16(10-12)15(20)17-9-3-5-11-4-1-7-13(11)17/h11-13H,1-10H2,(H,18,19)/t11?,12-,13?/m0/s1. The fourth-order valence-electron chi connectivity index (χ4n) is 4.23. The molecule has 2 heterocycles. The molecule has 1 saturated carbocycles. The van der Waals surface area contributed by atoms with E-state index < -0.39 is 5.97 Å². The summed E-state index contributed by atoms with van der Waals surface area (Å²) >= 11 is 0. The van der Waals surface area contributed by atoms with Crippen LogP contribution in [0.2, 0.25) is 0 Å². The Hall–Kier alpha value is -1.26. The van der Waals surface area contributed by atoms with Gasteiger partial charge in [-0.1, -0.05) is 6.42 Å². The number of likely N-dealkylation sites (tertiary alicyclic amines) is 2. The highest BCUT2D eigenvalue weighted by Gasteiger charge is 2.40. The van der Waals surface area contributed by atoms with E-state index in [9.17, 15) is 9.59 Å². The van der Waals surface area contributed by atoms with Crippen molar-refractivity contribution in [1.82, 2.24) is 9.80 Å². The molecule has 2 amide bonds. The molecule has 3 rings (SSSR count). The Labute approximate surface area is 119 Å². The number of carbonyl (C=O) groups is 2. The summed E-state index contributed by atoms with van der Waals surface area (Å²) < 4.78 is 0. The molecule has 1 N–H and O–H groups in total. The normalized spacial score (nSPS) is 33.9. The molecule has 0 spiro atoms. The number of hydrogen-bond acceptors (Lipinski definition) is 2. The minimum absolute atomic E-state index is 0.0903. The van der Waals surface area contributed by atoms with Crippen LogP contribution in [0.15, 0.2) is 0 Å². The number of hydrogen-bond donors (Lipinski definition) is 1. The summed E-state index contributed by atoms with van der Waals surface area (Å²) in [6.07, 6.45) is 7.49. The van der Waals surface area contributed by atoms with Gasteiger partial charge in [0.05, 0.1) is 5.92 Å². The minimum atomic E-state index is -0.764. The van der Waals surface area contributed by atoms with Crippen molar-refractivity contribution in [2.24, 2.45) is 11.8 Å². The number of nitrogens with zero attached hydrogens (tertiary/aromatic N) is 2. The second kappa shape index (κ2) is 5.62. The summed E-state index contributed by atoms with van der Waals surface area (Å²) in [5, 5.41) is 9.15. The fourth-order valence-corrected chi connectivity index (χ4v) is 4.23. The van der Waals surface area contributed by atoms with Gasteiger partial charge in [-0.15, -0.1) is 0 Å². The zero-order valence-electron chi connectivity index (χ0n) is 12.0. The molecule has 0 radical (unpaired) electrons. The molecule has 5 heteroatoms. The predicted octanol–water partition coefficient (Wildman–Crippen LogP) is 2.17. The van der Waals surface area contributed by atoms with Gasteiger partial charge < -0.3 is 14.9 Å². The molecule has 2 saturated heterocycles. The highest BCUT2D eigenvalue weighted by Crippen LogP contribution is 2.37. The molecule has 0 aromatic heterocycles. The molecule has 2 unspecified atom stereocenters. The molecule has 3 fully saturated rings. The molecule has 0 bridgehead atoms. The summed E-state index contributed by atoms with van der Waals surface area (Å²) in [6, 6.07) is 0.508. The van der Waals surface area contributed by atoms with Crippen molar-refractivity contribution in [3.05, 3.63) is 0 Å². The third-order valence-corrected chi connectivity index (χ3v) is 5.28. The van der Waals surface area contributed by atoms with E-state index in [1.807, 2.05) is 4.90 Å². The lowest BCUT2D eigenvalue weighted by atomic mass is 9.92. The molecule has 0 aromatic rings. The maximum Gasteiger partial charge on any atom is 0.320 e. The molecule has 112 valence electrons. The molecule has 3 atom stereocenters. The zero-order chi connectivity index (χ0) is 14.1. The van der Waals surface area contributed by atoms with E-state index in [1.54, 1.807) is 4.90 Å². The van der Waals surface area contributed by atoms with E-state index in [0.717, 1.165) is 32.4 Å². The Morgan fingerprint density at radius 2 is 1.70 bits per heavy atom. The van der Waals surface area contributed by atoms with E-state index in [2.05, 4.69) is 0 Å². The Morgan fingerprint density at radius 1 is 0.950 bits per heavy atom. The van der Waals surface area contributed by atoms with Gasteiger partial charge in [-0.25, -0.2) is 4.79 Å². The maximum absolute atomic E-state index is 12.7. The van der Waals surface area contributed by atoms with Crippen molar-refractivity contribution in [3.8, 4) is 0 Å². The summed E-state index contributed by atoms with van der Waals surface area (Å²) in [5.41, 5.74) is 0. The smallest absolute Gasteiger partial charge is 0.320 e. The van der Waals surface area contributed by atoms with Crippen molar-refractivity contribution in [1.29, 1.82) is 0 Å². The van der Waals surface area contributed by atoms with Crippen molar-refractivity contribution in [3.63, 3.8) is 0 Å². The lowest BCUT2D eigenvalue weighted by Crippen LogP contribution is -2.54. The van der Waals surface area contributed by atoms with Crippen LogP contribution >= 0.6 is 0 Å². The second-order valence-electron chi connectivity index (χ2n) is 6.50. The van der Waals surface area contributed by atoms with Gasteiger partial charge in [0.25, 0.3) is 0 Å². The molecule has 3 aliphatic rings. The fraction of sp³-hybridized carbons (Fsp3) is 0.867. The van der Waals surface area contributed by atoms with Crippen LogP contribution in [0.5, 0.6) is 0 Å². The van der Waals surface area contributed by atoms with Crippen LogP contribution in [0, 0.1) is 11.8 Å². The number of rotatable bonds is 1. The topological polar surface area (TPSA) is 60.9 Å². The van der Waals surface area contributed by atoms with Crippen molar-refractivity contribution >= 4 is 12.0 Å².